The molecule has 3 rings (SSSR count). The van der Waals surface area contributed by atoms with Crippen molar-refractivity contribution in [2.24, 2.45) is 7.05 Å². The Labute approximate surface area is 122 Å². The molecule has 6 nitrogen and oxygen atoms in total. The van der Waals surface area contributed by atoms with Gasteiger partial charge in [0.05, 0.1) is 12.6 Å². The maximum atomic E-state index is 12.2. The normalized spacial score (nSPS) is 20.7. The molecular formula is C15H17N3O3. The second-order valence-corrected chi connectivity index (χ2v) is 5.20. The van der Waals surface area contributed by atoms with Crippen LogP contribution in [0.25, 0.3) is 5.57 Å². The number of urea groups is 1. The minimum Gasteiger partial charge on any atom is -0.318 e. The lowest BCUT2D eigenvalue weighted by Gasteiger charge is -2.21. The molecule has 21 heavy (non-hydrogen) atoms. The maximum absolute atomic E-state index is 12.2. The fourth-order valence-electron chi connectivity index (χ4n) is 2.66. The molecule has 3 heterocycles. The maximum Gasteiger partial charge on any atom is 0.344 e. The Kier molecular flexibility index (Phi) is 3.39. The van der Waals surface area contributed by atoms with Gasteiger partial charge >= 0.3 is 6.03 Å². The van der Waals surface area contributed by atoms with Crippen LogP contribution in [-0.4, -0.2) is 46.3 Å². The van der Waals surface area contributed by atoms with Crippen molar-refractivity contribution >= 4 is 11.6 Å². The quantitative estimate of drug-likeness (QED) is 0.777. The van der Waals surface area contributed by atoms with E-state index < -0.39 is 0 Å². The standard InChI is InChI=1S/C15H17N3O3/c1-3-6-21-18-13-7-12(9-17(10-13)15(18)20)11-4-5-14(19)16(2)8-11/h3-5,7-8,13H,1,6,9-10H2,2H3. The summed E-state index contributed by atoms with van der Waals surface area (Å²) in [5, 5.41) is 1.40. The van der Waals surface area contributed by atoms with E-state index in [0.29, 0.717) is 19.7 Å². The molecule has 110 valence electrons. The smallest absolute Gasteiger partial charge is 0.318 e. The molecule has 0 radical (unpaired) electrons. The first-order chi connectivity index (χ1) is 10.1. The van der Waals surface area contributed by atoms with Crippen LogP contribution >= 0.6 is 0 Å². The average molecular weight is 287 g/mol. The van der Waals surface area contributed by atoms with Crippen LogP contribution in [0.1, 0.15) is 5.56 Å². The summed E-state index contributed by atoms with van der Waals surface area (Å²) in [5.41, 5.74) is 1.93. The van der Waals surface area contributed by atoms with Gasteiger partial charge in [-0.15, -0.1) is 6.58 Å². The van der Waals surface area contributed by atoms with Crippen molar-refractivity contribution in [1.29, 1.82) is 0 Å². The van der Waals surface area contributed by atoms with E-state index >= 15 is 0 Å². The van der Waals surface area contributed by atoms with Gasteiger partial charge < -0.3 is 9.47 Å². The molecule has 2 bridgehead atoms. The van der Waals surface area contributed by atoms with Gasteiger partial charge in [0.15, 0.2) is 0 Å². The first-order valence-corrected chi connectivity index (χ1v) is 6.80. The molecule has 2 amide bonds. The molecule has 1 unspecified atom stereocenters. The van der Waals surface area contributed by atoms with Crippen LogP contribution in [0.3, 0.4) is 0 Å². The van der Waals surface area contributed by atoms with E-state index in [1.54, 1.807) is 30.3 Å². The molecule has 0 aromatic carbocycles. The molecular weight excluding hydrogens is 270 g/mol. The van der Waals surface area contributed by atoms with Crippen LogP contribution in [0.15, 0.2) is 41.9 Å². The van der Waals surface area contributed by atoms with Crippen molar-refractivity contribution in [3.8, 4) is 0 Å². The van der Waals surface area contributed by atoms with E-state index in [1.165, 1.54) is 15.7 Å². The summed E-state index contributed by atoms with van der Waals surface area (Å²) < 4.78 is 1.54. The van der Waals surface area contributed by atoms with Crippen molar-refractivity contribution < 1.29 is 9.63 Å². The van der Waals surface area contributed by atoms with Crippen LogP contribution in [0.4, 0.5) is 4.79 Å². The SMILES string of the molecule is C=CCON1C(=O)N2CC(c3ccc(=O)n(C)c3)=CC1C2. The molecule has 1 aromatic heterocycles. The zero-order valence-electron chi connectivity index (χ0n) is 11.9. The van der Waals surface area contributed by atoms with Crippen LogP contribution < -0.4 is 5.56 Å². The third-order valence-electron chi connectivity index (χ3n) is 3.71. The topological polar surface area (TPSA) is 54.8 Å². The van der Waals surface area contributed by atoms with Crippen molar-refractivity contribution in [2.45, 2.75) is 6.04 Å². The van der Waals surface area contributed by atoms with Crippen LogP contribution in [0.5, 0.6) is 0 Å². The number of carbonyl (C=O) groups is 1. The fourth-order valence-corrected chi connectivity index (χ4v) is 2.66. The second-order valence-electron chi connectivity index (χ2n) is 5.20. The van der Waals surface area contributed by atoms with Crippen molar-refractivity contribution in [3.05, 3.63) is 53.0 Å². The molecule has 1 aromatic rings. The minimum atomic E-state index is -0.127. The van der Waals surface area contributed by atoms with E-state index in [2.05, 4.69) is 6.58 Å². The molecule has 2 aliphatic rings. The second kappa shape index (κ2) is 5.21. The number of aryl methyl sites for hydroxylation is 1. The Hall–Kier alpha value is -2.34. The summed E-state index contributed by atoms with van der Waals surface area (Å²) in [6, 6.07) is 3.10. The number of hydrogen-bond acceptors (Lipinski definition) is 3. The fraction of sp³-hybridized carbons (Fsp3) is 0.333. The van der Waals surface area contributed by atoms with Gasteiger partial charge in [0.1, 0.15) is 0 Å². The minimum absolute atomic E-state index is 0.0505. The van der Waals surface area contributed by atoms with Gasteiger partial charge in [0.2, 0.25) is 5.56 Å². The van der Waals surface area contributed by atoms with Crippen LogP contribution in [0, 0.1) is 0 Å². The average Bonchev–Trinajstić information content (AvgIpc) is 2.70. The zero-order chi connectivity index (χ0) is 15.0. The molecule has 0 spiro atoms. The zero-order valence-corrected chi connectivity index (χ0v) is 11.9. The predicted octanol–water partition coefficient (Wildman–Crippen LogP) is 1.01. The molecule has 0 N–H and O–H groups in total. The molecule has 0 aliphatic carbocycles. The van der Waals surface area contributed by atoms with Gasteiger partial charge in [0, 0.05) is 32.4 Å². The monoisotopic (exact) mass is 287 g/mol. The van der Waals surface area contributed by atoms with Crippen LogP contribution in [-0.2, 0) is 11.9 Å². The molecule has 2 aliphatic heterocycles. The summed E-state index contributed by atoms with van der Waals surface area (Å²) in [6.07, 6.45) is 5.44. The molecule has 6 heteroatoms. The summed E-state index contributed by atoms with van der Waals surface area (Å²) in [4.78, 5) is 30.8. The van der Waals surface area contributed by atoms with Gasteiger partial charge in [-0.2, -0.15) is 5.06 Å². The number of nitrogens with zero attached hydrogens (tertiary/aromatic N) is 3. The van der Waals surface area contributed by atoms with E-state index in [1.807, 2.05) is 6.08 Å². The highest BCUT2D eigenvalue weighted by Gasteiger charge is 2.40. The Balaban J connectivity index is 1.89. The predicted molar refractivity (Wildman–Crippen MR) is 78.4 cm³/mol. The highest BCUT2D eigenvalue weighted by molar-refractivity contribution is 5.82. The first kappa shape index (κ1) is 13.6. The van der Waals surface area contributed by atoms with Gasteiger partial charge in [-0.1, -0.05) is 12.2 Å². The van der Waals surface area contributed by atoms with Gasteiger partial charge in [-0.3, -0.25) is 9.63 Å². The van der Waals surface area contributed by atoms with Crippen molar-refractivity contribution in [2.75, 3.05) is 19.7 Å². The Morgan fingerprint density at radius 1 is 1.43 bits per heavy atom. The number of rotatable bonds is 4. The summed E-state index contributed by atoms with van der Waals surface area (Å²) >= 11 is 0. The van der Waals surface area contributed by atoms with Crippen molar-refractivity contribution in [3.63, 3.8) is 0 Å². The number of fused-ring (bicyclic) bond motifs is 2. The largest absolute Gasteiger partial charge is 0.344 e. The van der Waals surface area contributed by atoms with E-state index in [-0.39, 0.29) is 17.6 Å². The summed E-state index contributed by atoms with van der Waals surface area (Å²) in [6.45, 7) is 5.05. The lowest BCUT2D eigenvalue weighted by atomic mass is 10.0. The van der Waals surface area contributed by atoms with Gasteiger partial charge in [-0.25, -0.2) is 4.79 Å². The highest BCUT2D eigenvalue weighted by atomic mass is 16.7. The summed E-state index contributed by atoms with van der Waals surface area (Å²) in [7, 11) is 1.72. The molecule has 1 fully saturated rings. The third-order valence-corrected chi connectivity index (χ3v) is 3.71. The lowest BCUT2D eigenvalue weighted by molar-refractivity contribution is -0.107. The van der Waals surface area contributed by atoms with Crippen molar-refractivity contribution in [1.82, 2.24) is 14.5 Å². The van der Waals surface area contributed by atoms with E-state index in [9.17, 15) is 9.59 Å². The molecule has 0 saturated carbocycles. The Morgan fingerprint density at radius 2 is 2.24 bits per heavy atom. The number of aromatic nitrogens is 1. The van der Waals surface area contributed by atoms with E-state index in [0.717, 1.165) is 11.1 Å². The third kappa shape index (κ3) is 2.38. The molecule has 1 atom stereocenters. The van der Waals surface area contributed by atoms with Gasteiger partial charge in [-0.05, 0) is 17.2 Å². The summed E-state index contributed by atoms with van der Waals surface area (Å²) in [5.74, 6) is 0. The molecule has 1 saturated heterocycles. The van der Waals surface area contributed by atoms with Gasteiger partial charge in [0.25, 0.3) is 0 Å². The highest BCUT2D eigenvalue weighted by Crippen LogP contribution is 2.29. The van der Waals surface area contributed by atoms with Crippen LogP contribution in [0.2, 0.25) is 0 Å². The van der Waals surface area contributed by atoms with E-state index in [4.69, 9.17) is 4.84 Å². The Bertz CT molecular complexity index is 677. The number of carbonyl (C=O) groups excluding carboxylic acids is 1. The number of hydroxylamine groups is 2. The first-order valence-electron chi connectivity index (χ1n) is 6.80. The number of pyridine rings is 1. The number of hydrogen-bond donors (Lipinski definition) is 0. The number of amides is 2. The Morgan fingerprint density at radius 3 is 2.95 bits per heavy atom. The lowest BCUT2D eigenvalue weighted by Crippen LogP contribution is -2.33.